The Balaban J connectivity index is 1.69. The lowest BCUT2D eigenvalue weighted by Crippen LogP contribution is -2.60. The molecule has 0 saturated heterocycles. The van der Waals surface area contributed by atoms with Crippen LogP contribution in [0.3, 0.4) is 0 Å². The molecule has 0 aromatic carbocycles. The van der Waals surface area contributed by atoms with Gasteiger partial charge >= 0.3 is 24.0 Å². The van der Waals surface area contributed by atoms with Crippen LogP contribution in [0.25, 0.3) is 0 Å². The summed E-state index contributed by atoms with van der Waals surface area (Å²) in [5.41, 5.74) is -1.58. The second kappa shape index (κ2) is 6.69. The third-order valence-corrected chi connectivity index (χ3v) is 6.16. The van der Waals surface area contributed by atoms with Gasteiger partial charge in [0.15, 0.2) is 0 Å². The van der Waals surface area contributed by atoms with E-state index in [9.17, 15) is 31.5 Å². The van der Waals surface area contributed by atoms with Crippen molar-refractivity contribution in [3.8, 4) is 0 Å². The smallest absolute Gasteiger partial charge is 0.453 e. The first-order valence-corrected chi connectivity index (χ1v) is 9.28. The summed E-state index contributed by atoms with van der Waals surface area (Å²) < 4.78 is 73.4. The van der Waals surface area contributed by atoms with E-state index in [0.717, 1.165) is 6.42 Å². The molecule has 0 aliphatic heterocycles. The molecule has 0 amide bonds. The average Bonchev–Trinajstić information content (AvgIpc) is 2.51. The summed E-state index contributed by atoms with van der Waals surface area (Å²) in [6.45, 7) is 4.07. The van der Waals surface area contributed by atoms with Gasteiger partial charge in [-0.05, 0) is 50.9 Å². The molecule has 0 heterocycles. The van der Waals surface area contributed by atoms with Crippen LogP contribution in [0.5, 0.6) is 0 Å². The molecule has 0 aromatic rings. The fourth-order valence-electron chi connectivity index (χ4n) is 5.39. The highest BCUT2D eigenvalue weighted by molar-refractivity contribution is 5.87. The van der Waals surface area contributed by atoms with Crippen LogP contribution in [0.2, 0.25) is 0 Å². The Kier molecular flexibility index (Phi) is 5.03. The van der Waals surface area contributed by atoms with Gasteiger partial charge < -0.3 is 9.47 Å². The summed E-state index contributed by atoms with van der Waals surface area (Å²) in [4.78, 5) is 24.7. The molecule has 2 atom stereocenters. The van der Waals surface area contributed by atoms with Gasteiger partial charge in [-0.2, -0.15) is 22.0 Å². The average molecular weight is 410 g/mol. The van der Waals surface area contributed by atoms with E-state index in [0.29, 0.717) is 25.7 Å². The van der Waals surface area contributed by atoms with Gasteiger partial charge in [0.2, 0.25) is 0 Å². The first-order valence-electron chi connectivity index (χ1n) is 9.28. The lowest BCUT2D eigenvalue weighted by Gasteiger charge is -2.59. The van der Waals surface area contributed by atoms with Gasteiger partial charge in [-0.1, -0.05) is 6.58 Å². The van der Waals surface area contributed by atoms with Crippen molar-refractivity contribution >= 4 is 11.9 Å². The Labute approximate surface area is 159 Å². The molecule has 0 N–H and O–H groups in total. The highest BCUT2D eigenvalue weighted by Gasteiger charge is 2.63. The molecule has 28 heavy (non-hydrogen) atoms. The maximum Gasteiger partial charge on any atom is 0.453 e. The second-order valence-electron chi connectivity index (χ2n) is 8.68. The number of rotatable bonds is 6. The number of ether oxygens (including phenoxy) is 2. The number of halogens is 5. The summed E-state index contributed by atoms with van der Waals surface area (Å²) in [5, 5.41) is 0. The summed E-state index contributed by atoms with van der Waals surface area (Å²) in [6, 6.07) is 0. The molecule has 0 radical (unpaired) electrons. The largest absolute Gasteiger partial charge is 0.465 e. The molecule has 4 bridgehead atoms. The predicted octanol–water partition coefficient (Wildman–Crippen LogP) is 4.58. The fraction of sp³-hybridized carbons (Fsp3) is 0.789. The highest BCUT2D eigenvalue weighted by atomic mass is 19.4. The first kappa shape index (κ1) is 21.0. The molecule has 2 unspecified atom stereocenters. The van der Waals surface area contributed by atoms with E-state index in [1.165, 1.54) is 6.92 Å². The first-order chi connectivity index (χ1) is 12.8. The second-order valence-corrected chi connectivity index (χ2v) is 8.68. The number of carbonyl (C=O) groups excluding carboxylic acids is 2. The molecule has 4 saturated carbocycles. The maximum atomic E-state index is 13.0. The molecule has 4 fully saturated rings. The van der Waals surface area contributed by atoms with Crippen LogP contribution >= 0.6 is 0 Å². The normalized spacial score (nSPS) is 34.2. The van der Waals surface area contributed by atoms with Crippen molar-refractivity contribution in [3.05, 3.63) is 12.2 Å². The summed E-state index contributed by atoms with van der Waals surface area (Å²) in [7, 11) is 0. The van der Waals surface area contributed by atoms with Crippen molar-refractivity contribution in [1.29, 1.82) is 0 Å². The van der Waals surface area contributed by atoms with Crippen LogP contribution in [0, 0.1) is 17.3 Å². The zero-order valence-corrected chi connectivity index (χ0v) is 15.5. The van der Waals surface area contributed by atoms with Crippen molar-refractivity contribution in [1.82, 2.24) is 0 Å². The minimum atomic E-state index is -5.68. The molecular formula is C19H23F5O4. The van der Waals surface area contributed by atoms with Gasteiger partial charge in [0.25, 0.3) is 0 Å². The van der Waals surface area contributed by atoms with Crippen molar-refractivity contribution < 1.29 is 41.0 Å². The van der Waals surface area contributed by atoms with Crippen molar-refractivity contribution in [2.24, 2.45) is 17.3 Å². The third kappa shape index (κ3) is 3.76. The Morgan fingerprint density at radius 2 is 1.64 bits per heavy atom. The van der Waals surface area contributed by atoms with Gasteiger partial charge in [0, 0.05) is 12.0 Å². The molecule has 4 nitrogen and oxygen atoms in total. The van der Waals surface area contributed by atoms with E-state index in [2.05, 4.69) is 6.58 Å². The van der Waals surface area contributed by atoms with Crippen molar-refractivity contribution in [2.45, 2.75) is 69.6 Å². The van der Waals surface area contributed by atoms with Crippen LogP contribution in [0.1, 0.15) is 51.9 Å². The Morgan fingerprint density at radius 1 is 1.07 bits per heavy atom. The van der Waals surface area contributed by atoms with Crippen LogP contribution in [-0.2, 0) is 19.1 Å². The molecule has 4 aliphatic carbocycles. The molecule has 9 heteroatoms. The Morgan fingerprint density at radius 3 is 2.14 bits per heavy atom. The third-order valence-electron chi connectivity index (χ3n) is 6.16. The molecule has 0 spiro atoms. The topological polar surface area (TPSA) is 52.6 Å². The standard InChI is InChI=1S/C19H23F5O4/c1-11(2)14(25)28-17-8-12-5-13(9-17)7-16(6-12,10-17)15(26)27-4-3-18(20,21)19(22,23)24/h12-13H,1,3-10H2,2H3. The van der Waals surface area contributed by atoms with E-state index in [1.807, 2.05) is 0 Å². The summed E-state index contributed by atoms with van der Waals surface area (Å²) in [5.74, 6) is -5.97. The van der Waals surface area contributed by atoms with Crippen LogP contribution in [-0.4, -0.2) is 36.2 Å². The van der Waals surface area contributed by atoms with E-state index >= 15 is 0 Å². The van der Waals surface area contributed by atoms with Gasteiger partial charge in [0.1, 0.15) is 5.60 Å². The van der Waals surface area contributed by atoms with Crippen LogP contribution in [0.4, 0.5) is 22.0 Å². The highest BCUT2D eigenvalue weighted by Crippen LogP contribution is 2.63. The molecule has 4 aliphatic rings. The Bertz CT molecular complexity index is 670. The summed E-state index contributed by atoms with van der Waals surface area (Å²) >= 11 is 0. The van der Waals surface area contributed by atoms with E-state index < -0.39 is 48.1 Å². The molecular weight excluding hydrogens is 387 g/mol. The maximum absolute atomic E-state index is 13.0. The minimum absolute atomic E-state index is 0.128. The van der Waals surface area contributed by atoms with Crippen LogP contribution in [0.15, 0.2) is 12.2 Å². The van der Waals surface area contributed by atoms with Crippen molar-refractivity contribution in [2.75, 3.05) is 6.61 Å². The minimum Gasteiger partial charge on any atom is -0.465 e. The monoisotopic (exact) mass is 410 g/mol. The SMILES string of the molecule is C=C(C)C(=O)OC12CC3CC(C1)CC(C(=O)OCCC(F)(F)C(F)(F)F)(C3)C2. The molecule has 0 aromatic heterocycles. The van der Waals surface area contributed by atoms with Crippen molar-refractivity contribution in [3.63, 3.8) is 0 Å². The molecule has 4 rings (SSSR count). The Hall–Kier alpha value is -1.67. The number of hydrogen-bond donors (Lipinski definition) is 0. The van der Waals surface area contributed by atoms with Gasteiger partial charge in [0.05, 0.1) is 18.4 Å². The number of hydrogen-bond acceptors (Lipinski definition) is 4. The van der Waals surface area contributed by atoms with E-state index in [4.69, 9.17) is 9.47 Å². The zero-order chi connectivity index (χ0) is 21.0. The van der Waals surface area contributed by atoms with Gasteiger partial charge in [-0.25, -0.2) is 4.79 Å². The molecule has 158 valence electrons. The number of carbonyl (C=O) groups is 2. The summed E-state index contributed by atoms with van der Waals surface area (Å²) in [6.07, 6.45) is -4.02. The zero-order valence-electron chi connectivity index (χ0n) is 15.5. The van der Waals surface area contributed by atoms with E-state index in [-0.39, 0.29) is 23.8 Å². The predicted molar refractivity (Wildman–Crippen MR) is 87.3 cm³/mol. The number of alkyl halides is 5. The lowest BCUT2D eigenvalue weighted by atomic mass is 9.48. The lowest BCUT2D eigenvalue weighted by molar-refractivity contribution is -0.287. The fourth-order valence-corrected chi connectivity index (χ4v) is 5.39. The van der Waals surface area contributed by atoms with Gasteiger partial charge in [-0.15, -0.1) is 0 Å². The van der Waals surface area contributed by atoms with Gasteiger partial charge in [-0.3, -0.25) is 4.79 Å². The number of esters is 2. The van der Waals surface area contributed by atoms with Crippen LogP contribution < -0.4 is 0 Å². The van der Waals surface area contributed by atoms with E-state index in [1.54, 1.807) is 0 Å². The quantitative estimate of drug-likeness (QED) is 0.366.